The van der Waals surface area contributed by atoms with Crippen molar-refractivity contribution >= 4 is 24.1 Å². The molecule has 0 radical (unpaired) electrons. The molecule has 1 heterocycles. The van der Waals surface area contributed by atoms with Crippen LogP contribution in [-0.2, 0) is 27.5 Å². The van der Waals surface area contributed by atoms with Gasteiger partial charge in [0.15, 0.2) is 12.0 Å². The average molecular weight is 299 g/mol. The Bertz CT molecular complexity index is 474. The molecule has 0 bridgehead atoms. The molecule has 1 rings (SSSR count). The van der Waals surface area contributed by atoms with Gasteiger partial charge < -0.3 is 20.0 Å². The van der Waals surface area contributed by atoms with E-state index in [-0.39, 0.29) is 30.6 Å². The first-order valence-electron chi connectivity index (χ1n) is 5.82. The minimum atomic E-state index is -0.151. The van der Waals surface area contributed by atoms with Gasteiger partial charge in [0.1, 0.15) is 11.6 Å². The summed E-state index contributed by atoms with van der Waals surface area (Å²) in [7, 11) is 0. The number of ether oxygens (including phenoxy) is 2. The second-order valence-corrected chi connectivity index (χ2v) is 4.10. The molecule has 0 aliphatic carbocycles. The van der Waals surface area contributed by atoms with Crippen molar-refractivity contribution in [2.24, 2.45) is 0 Å². The summed E-state index contributed by atoms with van der Waals surface area (Å²) in [6, 6.07) is 3.56. The van der Waals surface area contributed by atoms with Gasteiger partial charge in [-0.1, -0.05) is 17.7 Å². The summed E-state index contributed by atoms with van der Waals surface area (Å²) in [6.07, 6.45) is 2.90. The third kappa shape index (κ3) is 5.48. The van der Waals surface area contributed by atoms with Crippen molar-refractivity contribution in [2.45, 2.75) is 13.2 Å². The number of nitrogens with one attached hydrogen (secondary N) is 1. The molecule has 7 heteroatoms. The van der Waals surface area contributed by atoms with Crippen molar-refractivity contribution in [2.75, 3.05) is 13.2 Å². The highest BCUT2D eigenvalue weighted by Gasteiger charge is 2.03. The number of nitrogens with zero attached hydrogens (tertiary/aromatic N) is 1. The van der Waals surface area contributed by atoms with Crippen LogP contribution in [0.15, 0.2) is 29.1 Å². The molecule has 20 heavy (non-hydrogen) atoms. The van der Waals surface area contributed by atoms with Crippen LogP contribution in [0, 0.1) is 5.41 Å². The highest BCUT2D eigenvalue weighted by atomic mass is 35.5. The molecule has 0 aliphatic heterocycles. The van der Waals surface area contributed by atoms with E-state index >= 15 is 0 Å². The van der Waals surface area contributed by atoms with Crippen molar-refractivity contribution < 1.29 is 19.4 Å². The normalized spacial score (nSPS) is 11.7. The van der Waals surface area contributed by atoms with Crippen molar-refractivity contribution in [3.05, 3.63) is 40.4 Å². The number of carbonyl (C=O) groups is 1. The van der Waals surface area contributed by atoms with Gasteiger partial charge in [-0.05, 0) is 6.07 Å². The summed E-state index contributed by atoms with van der Waals surface area (Å²) in [5, 5.41) is 15.5. The lowest BCUT2D eigenvalue weighted by atomic mass is 10.2. The first-order valence-corrected chi connectivity index (χ1v) is 6.19. The summed E-state index contributed by atoms with van der Waals surface area (Å²) in [6.45, 7) is 0.718. The highest BCUT2D eigenvalue weighted by Crippen LogP contribution is 2.10. The fourth-order valence-electron chi connectivity index (χ4n) is 1.27. The topological polar surface area (TPSA) is 92.5 Å². The summed E-state index contributed by atoms with van der Waals surface area (Å²) in [5.41, 5.74) is 1.50. The fraction of sp³-hybridized carbons (Fsp3) is 0.308. The van der Waals surface area contributed by atoms with Crippen LogP contribution in [0.3, 0.4) is 0 Å². The van der Waals surface area contributed by atoms with Gasteiger partial charge in [0, 0.05) is 11.8 Å². The zero-order chi connectivity index (χ0) is 14.8. The van der Waals surface area contributed by atoms with Crippen LogP contribution in [0.5, 0.6) is 0 Å². The number of aromatic nitrogens is 1. The SMILES string of the molecule is N=C/C(OCc1ccc(COCCO)nc1)=C(/Cl)C=O. The number of hydrogen-bond donors (Lipinski definition) is 2. The molecule has 0 unspecified atom stereocenters. The molecule has 0 aromatic carbocycles. The lowest BCUT2D eigenvalue weighted by Crippen LogP contribution is -2.02. The van der Waals surface area contributed by atoms with E-state index in [1.165, 1.54) is 0 Å². The number of hydrogen-bond acceptors (Lipinski definition) is 6. The largest absolute Gasteiger partial charge is 0.486 e. The lowest BCUT2D eigenvalue weighted by Gasteiger charge is -2.07. The number of allylic oxidation sites excluding steroid dienone is 2. The summed E-state index contributed by atoms with van der Waals surface area (Å²) >= 11 is 5.58. The Morgan fingerprint density at radius 2 is 2.25 bits per heavy atom. The number of aldehydes is 1. The van der Waals surface area contributed by atoms with Crippen LogP contribution in [0.2, 0.25) is 0 Å². The monoisotopic (exact) mass is 298 g/mol. The van der Waals surface area contributed by atoms with E-state index in [9.17, 15) is 4.79 Å². The molecule has 0 saturated carbocycles. The van der Waals surface area contributed by atoms with Crippen LogP contribution in [0.1, 0.15) is 11.3 Å². The Labute approximate surface area is 121 Å². The summed E-state index contributed by atoms with van der Waals surface area (Å²) < 4.78 is 10.4. The van der Waals surface area contributed by atoms with Crippen LogP contribution in [0.25, 0.3) is 0 Å². The zero-order valence-electron chi connectivity index (χ0n) is 10.7. The maximum Gasteiger partial charge on any atom is 0.165 e. The summed E-state index contributed by atoms with van der Waals surface area (Å²) in [5.74, 6) is 0.0111. The van der Waals surface area contributed by atoms with Crippen LogP contribution >= 0.6 is 11.6 Å². The van der Waals surface area contributed by atoms with E-state index < -0.39 is 0 Å². The van der Waals surface area contributed by atoms with Gasteiger partial charge in [0.05, 0.1) is 31.7 Å². The molecule has 0 aliphatic rings. The third-order valence-electron chi connectivity index (χ3n) is 2.24. The number of rotatable bonds is 9. The van der Waals surface area contributed by atoms with Gasteiger partial charge in [0.25, 0.3) is 0 Å². The van der Waals surface area contributed by atoms with Crippen LogP contribution in [-0.4, -0.2) is 35.8 Å². The van der Waals surface area contributed by atoms with Gasteiger partial charge in [0.2, 0.25) is 0 Å². The quantitative estimate of drug-likeness (QED) is 0.236. The molecule has 0 fully saturated rings. The molecular formula is C13H15ClN2O4. The van der Waals surface area contributed by atoms with E-state index in [1.807, 2.05) is 0 Å². The van der Waals surface area contributed by atoms with Crippen molar-refractivity contribution in [3.63, 3.8) is 0 Å². The number of aliphatic hydroxyl groups is 1. The first-order chi connectivity index (χ1) is 9.71. The van der Waals surface area contributed by atoms with Crippen LogP contribution < -0.4 is 0 Å². The van der Waals surface area contributed by atoms with Crippen molar-refractivity contribution in [3.8, 4) is 0 Å². The second kappa shape index (κ2) is 9.19. The number of halogens is 1. The fourth-order valence-corrected chi connectivity index (χ4v) is 1.37. The van der Waals surface area contributed by atoms with Gasteiger partial charge in [-0.2, -0.15) is 0 Å². The van der Waals surface area contributed by atoms with E-state index in [2.05, 4.69) is 4.98 Å². The number of aliphatic hydroxyl groups excluding tert-OH is 1. The Morgan fingerprint density at radius 1 is 1.45 bits per heavy atom. The van der Waals surface area contributed by atoms with Gasteiger partial charge >= 0.3 is 0 Å². The molecule has 108 valence electrons. The molecular weight excluding hydrogens is 284 g/mol. The smallest absolute Gasteiger partial charge is 0.165 e. The molecule has 0 spiro atoms. The summed E-state index contributed by atoms with van der Waals surface area (Å²) in [4.78, 5) is 14.6. The lowest BCUT2D eigenvalue weighted by molar-refractivity contribution is -0.104. The predicted octanol–water partition coefficient (Wildman–Crippen LogP) is 1.41. The van der Waals surface area contributed by atoms with E-state index in [0.29, 0.717) is 12.9 Å². The second-order valence-electron chi connectivity index (χ2n) is 3.70. The maximum absolute atomic E-state index is 10.5. The molecule has 6 nitrogen and oxygen atoms in total. The third-order valence-corrected chi connectivity index (χ3v) is 2.51. The Morgan fingerprint density at radius 3 is 2.80 bits per heavy atom. The number of carbonyl (C=O) groups excluding carboxylic acids is 1. The van der Waals surface area contributed by atoms with E-state index in [4.69, 9.17) is 31.6 Å². The van der Waals surface area contributed by atoms with Gasteiger partial charge in [-0.15, -0.1) is 0 Å². The van der Waals surface area contributed by atoms with E-state index in [1.54, 1.807) is 18.3 Å². The molecule has 1 aromatic heterocycles. The molecule has 1 aromatic rings. The predicted molar refractivity (Wildman–Crippen MR) is 73.5 cm³/mol. The van der Waals surface area contributed by atoms with Gasteiger partial charge in [-0.3, -0.25) is 9.78 Å². The Balaban J connectivity index is 2.53. The molecule has 0 saturated heterocycles. The standard InChI is InChI=1S/C13H15ClN2O4/c14-12(7-18)13(5-15)20-8-10-1-2-11(16-6-10)9-19-4-3-17/h1-2,5-7,15,17H,3-4,8-9H2/b13-12-,15-5?. The Kier molecular flexibility index (Phi) is 7.49. The number of pyridine rings is 1. The minimum absolute atomic E-state index is 0.0111. The van der Waals surface area contributed by atoms with Gasteiger partial charge in [-0.25, -0.2) is 0 Å². The minimum Gasteiger partial charge on any atom is -0.486 e. The maximum atomic E-state index is 10.5. The zero-order valence-corrected chi connectivity index (χ0v) is 11.5. The molecule has 0 atom stereocenters. The highest BCUT2D eigenvalue weighted by molar-refractivity contribution is 6.39. The average Bonchev–Trinajstić information content (AvgIpc) is 2.49. The van der Waals surface area contributed by atoms with Crippen molar-refractivity contribution in [1.82, 2.24) is 4.98 Å². The molecule has 0 amide bonds. The first kappa shape index (κ1) is 16.3. The Hall–Kier alpha value is -1.76. The molecule has 2 N–H and O–H groups in total. The van der Waals surface area contributed by atoms with Crippen LogP contribution in [0.4, 0.5) is 0 Å². The van der Waals surface area contributed by atoms with Crippen molar-refractivity contribution in [1.29, 1.82) is 5.41 Å². The van der Waals surface area contributed by atoms with E-state index in [0.717, 1.165) is 17.5 Å².